The summed E-state index contributed by atoms with van der Waals surface area (Å²) in [6, 6.07) is 22.7. The predicted octanol–water partition coefficient (Wildman–Crippen LogP) is 5.39. The number of hydrogen-bond acceptors (Lipinski definition) is 5. The zero-order valence-corrected chi connectivity index (χ0v) is 20.9. The molecule has 0 unspecified atom stereocenters. The summed E-state index contributed by atoms with van der Waals surface area (Å²) in [6.45, 7) is 3.90. The molecule has 0 spiro atoms. The highest BCUT2D eigenvalue weighted by atomic mass is 16.5. The lowest BCUT2D eigenvalue weighted by atomic mass is 10.1. The van der Waals surface area contributed by atoms with Gasteiger partial charge in [-0.25, -0.2) is 9.67 Å². The van der Waals surface area contributed by atoms with Crippen LogP contribution in [0.15, 0.2) is 72.8 Å². The Morgan fingerprint density at radius 3 is 2.41 bits per heavy atom. The summed E-state index contributed by atoms with van der Waals surface area (Å²) in [5.41, 5.74) is 7.77. The van der Waals surface area contributed by atoms with E-state index in [-0.39, 0.29) is 11.9 Å². The first-order valence-corrected chi connectivity index (χ1v) is 12.0. The van der Waals surface area contributed by atoms with E-state index in [1.165, 1.54) is 7.11 Å². The molecule has 0 aliphatic heterocycles. The molecule has 2 N–H and O–H groups in total. The van der Waals surface area contributed by atoms with Crippen LogP contribution >= 0.6 is 0 Å². The van der Waals surface area contributed by atoms with Gasteiger partial charge in [0.15, 0.2) is 0 Å². The van der Waals surface area contributed by atoms with Crippen LogP contribution in [0.3, 0.4) is 0 Å². The number of fused-ring (bicyclic) bond motifs is 1. The van der Waals surface area contributed by atoms with Gasteiger partial charge in [-0.2, -0.15) is 5.10 Å². The molecule has 0 bridgehead atoms. The van der Waals surface area contributed by atoms with E-state index in [0.717, 1.165) is 45.1 Å². The quantitative estimate of drug-likeness (QED) is 0.296. The maximum Gasteiger partial charge on any atom is 0.305 e. The van der Waals surface area contributed by atoms with Crippen molar-refractivity contribution in [1.82, 2.24) is 19.7 Å². The molecule has 0 saturated carbocycles. The standard InChI is InChI=1S/C29H27N5O3/c1-18-24(16-17-27(35)37-3)19(2)34(33-18)23-14-10-21(11-15-23)29(36)30-22-12-8-20(9-13-22)28-31-25-6-4-5-7-26(25)32-28/h4-15H,16-17H2,1-3H3,(H,30,36)(H,31,32). The minimum atomic E-state index is -0.244. The molecule has 2 heterocycles. The van der Waals surface area contributed by atoms with Crippen molar-refractivity contribution in [3.8, 4) is 17.1 Å². The normalized spacial score (nSPS) is 11.0. The Kier molecular flexibility index (Phi) is 6.55. The van der Waals surface area contributed by atoms with E-state index in [0.29, 0.717) is 24.1 Å². The van der Waals surface area contributed by atoms with Gasteiger partial charge in [-0.05, 0) is 86.5 Å². The number of ether oxygens (including phenoxy) is 1. The van der Waals surface area contributed by atoms with Crippen LogP contribution < -0.4 is 5.32 Å². The fraction of sp³-hybridized carbons (Fsp3) is 0.172. The molecule has 0 fully saturated rings. The first kappa shape index (κ1) is 24.0. The van der Waals surface area contributed by atoms with Gasteiger partial charge < -0.3 is 15.0 Å². The second-order valence-electron chi connectivity index (χ2n) is 8.82. The largest absolute Gasteiger partial charge is 0.469 e. The number of rotatable bonds is 7. The van der Waals surface area contributed by atoms with Gasteiger partial charge in [0.05, 0.1) is 29.5 Å². The Balaban J connectivity index is 1.26. The van der Waals surface area contributed by atoms with Crippen molar-refractivity contribution in [3.05, 3.63) is 95.3 Å². The van der Waals surface area contributed by atoms with Crippen LogP contribution in [-0.4, -0.2) is 38.7 Å². The van der Waals surface area contributed by atoms with Crippen molar-refractivity contribution < 1.29 is 14.3 Å². The second kappa shape index (κ2) is 10.1. The van der Waals surface area contributed by atoms with Gasteiger partial charge in [0.2, 0.25) is 0 Å². The van der Waals surface area contributed by atoms with Crippen LogP contribution in [-0.2, 0) is 16.0 Å². The Bertz CT molecular complexity index is 1550. The summed E-state index contributed by atoms with van der Waals surface area (Å²) >= 11 is 0. The lowest BCUT2D eigenvalue weighted by molar-refractivity contribution is -0.140. The summed E-state index contributed by atoms with van der Waals surface area (Å²) < 4.78 is 6.58. The molecule has 1 amide bonds. The summed E-state index contributed by atoms with van der Waals surface area (Å²) in [7, 11) is 1.39. The number of nitrogens with one attached hydrogen (secondary N) is 2. The third-order valence-corrected chi connectivity index (χ3v) is 6.43. The number of carbonyl (C=O) groups is 2. The van der Waals surface area contributed by atoms with Gasteiger partial charge in [0.1, 0.15) is 5.82 Å². The SMILES string of the molecule is COC(=O)CCc1c(C)nn(-c2ccc(C(=O)Nc3ccc(-c4nc5ccccc5[nH]4)cc3)cc2)c1C. The average molecular weight is 494 g/mol. The number of nitrogens with zero attached hydrogens (tertiary/aromatic N) is 3. The van der Waals surface area contributed by atoms with E-state index in [9.17, 15) is 9.59 Å². The maximum absolute atomic E-state index is 12.8. The number of aromatic amines is 1. The van der Waals surface area contributed by atoms with Gasteiger partial charge in [0.25, 0.3) is 5.91 Å². The number of esters is 1. The zero-order chi connectivity index (χ0) is 25.9. The van der Waals surface area contributed by atoms with Crippen LogP contribution in [0.2, 0.25) is 0 Å². The Hall–Kier alpha value is -4.72. The highest BCUT2D eigenvalue weighted by molar-refractivity contribution is 6.04. The highest BCUT2D eigenvalue weighted by Gasteiger charge is 2.15. The number of anilines is 1. The van der Waals surface area contributed by atoms with Crippen LogP contribution in [0.5, 0.6) is 0 Å². The topological polar surface area (TPSA) is 102 Å². The summed E-state index contributed by atoms with van der Waals surface area (Å²) in [5.74, 6) is 0.341. The maximum atomic E-state index is 12.8. The van der Waals surface area contributed by atoms with Crippen molar-refractivity contribution in [1.29, 1.82) is 0 Å². The van der Waals surface area contributed by atoms with Crippen molar-refractivity contribution in [3.63, 3.8) is 0 Å². The van der Waals surface area contributed by atoms with Gasteiger partial charge >= 0.3 is 5.97 Å². The minimum Gasteiger partial charge on any atom is -0.469 e. The number of imidazole rings is 1. The fourth-order valence-corrected chi connectivity index (χ4v) is 4.38. The van der Waals surface area contributed by atoms with Crippen LogP contribution in [0.4, 0.5) is 5.69 Å². The van der Waals surface area contributed by atoms with Crippen molar-refractivity contribution in [2.75, 3.05) is 12.4 Å². The van der Waals surface area contributed by atoms with E-state index in [1.54, 1.807) is 12.1 Å². The zero-order valence-electron chi connectivity index (χ0n) is 20.9. The van der Waals surface area contributed by atoms with Gasteiger partial charge in [0, 0.05) is 28.9 Å². The van der Waals surface area contributed by atoms with Crippen LogP contribution in [0, 0.1) is 13.8 Å². The Labute approximate surface area is 214 Å². The van der Waals surface area contributed by atoms with E-state index < -0.39 is 0 Å². The van der Waals surface area contributed by atoms with Gasteiger partial charge in [-0.1, -0.05) is 12.1 Å². The number of para-hydroxylation sites is 2. The minimum absolute atomic E-state index is 0.199. The summed E-state index contributed by atoms with van der Waals surface area (Å²) in [5, 5.41) is 7.57. The molecule has 3 aromatic carbocycles. The number of amides is 1. The number of carbonyl (C=O) groups excluding carboxylic acids is 2. The Morgan fingerprint density at radius 1 is 0.973 bits per heavy atom. The molecule has 0 atom stereocenters. The molecule has 0 radical (unpaired) electrons. The van der Waals surface area contributed by atoms with E-state index >= 15 is 0 Å². The van der Waals surface area contributed by atoms with Crippen molar-refractivity contribution >= 4 is 28.6 Å². The van der Waals surface area contributed by atoms with E-state index in [1.807, 2.05) is 79.2 Å². The van der Waals surface area contributed by atoms with E-state index in [4.69, 9.17) is 4.74 Å². The molecule has 0 aliphatic carbocycles. The molecular weight excluding hydrogens is 466 g/mol. The molecule has 5 rings (SSSR count). The lowest BCUT2D eigenvalue weighted by Gasteiger charge is -2.09. The van der Waals surface area contributed by atoms with Crippen molar-refractivity contribution in [2.24, 2.45) is 0 Å². The molecule has 8 heteroatoms. The monoisotopic (exact) mass is 493 g/mol. The molecule has 2 aromatic heterocycles. The average Bonchev–Trinajstić information content (AvgIpc) is 3.48. The molecule has 186 valence electrons. The van der Waals surface area contributed by atoms with Crippen LogP contribution in [0.25, 0.3) is 28.1 Å². The third-order valence-electron chi connectivity index (χ3n) is 6.43. The van der Waals surface area contributed by atoms with E-state index in [2.05, 4.69) is 20.4 Å². The molecule has 0 saturated heterocycles. The molecule has 37 heavy (non-hydrogen) atoms. The second-order valence-corrected chi connectivity index (χ2v) is 8.82. The molecule has 0 aliphatic rings. The fourth-order valence-electron chi connectivity index (χ4n) is 4.38. The highest BCUT2D eigenvalue weighted by Crippen LogP contribution is 2.23. The molecular formula is C29H27N5O3. The number of aryl methyl sites for hydroxylation is 1. The third kappa shape index (κ3) is 4.99. The first-order chi connectivity index (χ1) is 17.9. The lowest BCUT2D eigenvalue weighted by Crippen LogP contribution is -2.12. The van der Waals surface area contributed by atoms with Gasteiger partial charge in [-0.3, -0.25) is 9.59 Å². The molecule has 8 nitrogen and oxygen atoms in total. The summed E-state index contributed by atoms with van der Waals surface area (Å²) in [4.78, 5) is 32.3. The van der Waals surface area contributed by atoms with Gasteiger partial charge in [-0.15, -0.1) is 0 Å². The number of H-pyrrole nitrogens is 1. The number of benzene rings is 3. The summed E-state index contributed by atoms with van der Waals surface area (Å²) in [6.07, 6.45) is 0.877. The smallest absolute Gasteiger partial charge is 0.305 e. The number of hydrogen-bond donors (Lipinski definition) is 2. The van der Waals surface area contributed by atoms with Crippen molar-refractivity contribution in [2.45, 2.75) is 26.7 Å². The first-order valence-electron chi connectivity index (χ1n) is 12.0. The number of aromatic nitrogens is 4. The van der Waals surface area contributed by atoms with Crippen LogP contribution in [0.1, 0.15) is 33.7 Å². The molecule has 5 aromatic rings. The number of methoxy groups -OCH3 is 1. The Morgan fingerprint density at radius 2 is 1.70 bits per heavy atom. The predicted molar refractivity (Wildman–Crippen MR) is 143 cm³/mol.